The van der Waals surface area contributed by atoms with Crippen molar-refractivity contribution in [3.8, 4) is 0 Å². The van der Waals surface area contributed by atoms with Gasteiger partial charge in [0.05, 0.1) is 6.42 Å². The van der Waals surface area contributed by atoms with Crippen LogP contribution < -0.4 is 5.32 Å². The summed E-state index contributed by atoms with van der Waals surface area (Å²) in [6.45, 7) is 10.3. The van der Waals surface area contributed by atoms with Crippen LogP contribution in [0.1, 0.15) is 57.7 Å². The van der Waals surface area contributed by atoms with Gasteiger partial charge in [-0.25, -0.2) is 13.6 Å². The molecule has 1 saturated carbocycles. The molecule has 10 nitrogen and oxygen atoms in total. The van der Waals surface area contributed by atoms with Crippen LogP contribution in [-0.4, -0.2) is 72.5 Å². The number of benzene rings is 2. The number of likely N-dealkylation sites (tertiary alicyclic amines) is 1. The van der Waals surface area contributed by atoms with Crippen LogP contribution in [0.2, 0.25) is 0 Å². The second-order valence-corrected chi connectivity index (χ2v) is 14.2. The van der Waals surface area contributed by atoms with Gasteiger partial charge in [-0.1, -0.05) is 28.1 Å². The largest absolute Gasteiger partial charge is 0.768 e. The van der Waals surface area contributed by atoms with Gasteiger partial charge in [0, 0.05) is 33.9 Å². The number of carbonyl (C=O) groups is 3. The van der Waals surface area contributed by atoms with Crippen LogP contribution in [0.3, 0.4) is 0 Å². The summed E-state index contributed by atoms with van der Waals surface area (Å²) in [6.07, 6.45) is -2.43. The quantitative estimate of drug-likeness (QED) is 0.205. The molecule has 2 aromatic carbocycles. The molecule has 2 fully saturated rings. The Bertz CT molecular complexity index is 1530. The summed E-state index contributed by atoms with van der Waals surface area (Å²) >= 11 is 0.586. The Morgan fingerprint density at radius 1 is 1.26 bits per heavy atom. The number of hydrogen-bond donors (Lipinski definition) is 1. The van der Waals surface area contributed by atoms with E-state index in [1.54, 1.807) is 27.7 Å². The summed E-state index contributed by atoms with van der Waals surface area (Å²) < 4.78 is 65.1. The molecule has 2 aromatic rings. The average molecular weight is 728 g/mol. The minimum atomic E-state index is -2.73. The number of ketones is 1. The van der Waals surface area contributed by atoms with Gasteiger partial charge in [0.15, 0.2) is 11.9 Å². The van der Waals surface area contributed by atoms with Gasteiger partial charge in [0.1, 0.15) is 41.0 Å². The topological polar surface area (TPSA) is 148 Å². The smallest absolute Gasteiger partial charge is 0.411 e. The van der Waals surface area contributed by atoms with Crippen molar-refractivity contribution in [1.29, 1.82) is 0 Å². The molecule has 1 heterocycles. The second-order valence-electron chi connectivity index (χ2n) is 12.3. The third kappa shape index (κ3) is 7.41. The number of halogens is 3. The molecule has 1 aliphatic heterocycles. The lowest BCUT2D eigenvalue weighted by Crippen LogP contribution is -2.56. The second kappa shape index (κ2) is 14.0. The Morgan fingerprint density at radius 3 is 2.46 bits per heavy atom. The van der Waals surface area contributed by atoms with Gasteiger partial charge >= 0.3 is 6.09 Å². The Morgan fingerprint density at radius 2 is 1.91 bits per heavy atom. The number of hydrogen-bond acceptors (Lipinski definition) is 7. The highest BCUT2D eigenvalue weighted by Gasteiger charge is 2.63. The summed E-state index contributed by atoms with van der Waals surface area (Å²) in [7, 11) is 0. The highest BCUT2D eigenvalue weighted by atomic mass is 79.9. The van der Waals surface area contributed by atoms with Gasteiger partial charge in [-0.2, -0.15) is 0 Å². The molecule has 0 radical (unpaired) electrons. The number of carbonyl (C=O) groups excluding carboxylic acids is 3. The predicted octanol–water partition coefficient (Wildman–Crippen LogP) is 4.39. The van der Waals surface area contributed by atoms with Crippen LogP contribution in [0.4, 0.5) is 13.6 Å². The van der Waals surface area contributed by atoms with Crippen molar-refractivity contribution >= 4 is 44.8 Å². The monoisotopic (exact) mass is 726 g/mol. The van der Waals surface area contributed by atoms with E-state index in [0.29, 0.717) is 4.47 Å². The molecule has 14 heteroatoms. The van der Waals surface area contributed by atoms with E-state index >= 15 is 0 Å². The van der Waals surface area contributed by atoms with Crippen LogP contribution in [0.5, 0.6) is 0 Å². The summed E-state index contributed by atoms with van der Waals surface area (Å²) in [5, 5.41) is 11.7. The Labute approximate surface area is 276 Å². The number of rotatable bonds is 11. The van der Waals surface area contributed by atoms with Crippen LogP contribution >= 0.6 is 15.9 Å². The van der Waals surface area contributed by atoms with Crippen molar-refractivity contribution in [2.45, 2.75) is 87.3 Å². The molecule has 2 aliphatic rings. The molecule has 3 N–H and O–H groups in total. The first-order chi connectivity index (χ1) is 21.5. The summed E-state index contributed by atoms with van der Waals surface area (Å²) in [6, 6.07) is 5.13. The molecule has 2 amide bonds. The highest BCUT2D eigenvalue weighted by Crippen LogP contribution is 2.48. The van der Waals surface area contributed by atoms with Gasteiger partial charge < -0.3 is 24.4 Å². The molecule has 1 saturated heterocycles. The first-order valence-electron chi connectivity index (χ1n) is 14.7. The average Bonchev–Trinajstić information content (AvgIpc) is 3.56. The maximum absolute atomic E-state index is 14.5. The number of amides is 2. The fourth-order valence-corrected chi connectivity index (χ4v) is 6.85. The fourth-order valence-electron chi connectivity index (χ4n) is 5.92. The van der Waals surface area contributed by atoms with E-state index < -0.39 is 88.3 Å². The maximum Gasteiger partial charge on any atom is 0.411 e. The highest BCUT2D eigenvalue weighted by molar-refractivity contribution is 9.10. The number of nitrogens with zero attached hydrogens (tertiary/aromatic N) is 1. The third-order valence-electron chi connectivity index (χ3n) is 8.07. The molecular weight excluding hydrogens is 690 g/mol. The van der Waals surface area contributed by atoms with Crippen molar-refractivity contribution in [3.63, 3.8) is 0 Å². The van der Waals surface area contributed by atoms with E-state index in [1.165, 1.54) is 30.3 Å². The van der Waals surface area contributed by atoms with Crippen molar-refractivity contribution in [3.05, 3.63) is 76.3 Å². The normalized spacial score (nSPS) is 25.5. The van der Waals surface area contributed by atoms with Crippen LogP contribution in [-0.2, 0) is 36.6 Å². The zero-order chi connectivity index (χ0) is 34.1. The van der Waals surface area contributed by atoms with Gasteiger partial charge in [0.25, 0.3) is 0 Å². The first-order valence-corrected chi connectivity index (χ1v) is 16.6. The van der Waals surface area contributed by atoms with Crippen molar-refractivity contribution in [2.75, 3.05) is 6.61 Å². The van der Waals surface area contributed by atoms with Gasteiger partial charge in [-0.3, -0.25) is 18.7 Å². The number of ether oxygens (including phenoxy) is 2. The van der Waals surface area contributed by atoms with Gasteiger partial charge in [-0.05, 0) is 81.1 Å². The first kappa shape index (κ1) is 35.8. The van der Waals surface area contributed by atoms with E-state index in [-0.39, 0.29) is 35.5 Å². The lowest BCUT2D eigenvalue weighted by molar-refractivity contribution is -0.138. The van der Waals surface area contributed by atoms with E-state index in [2.05, 4.69) is 27.8 Å². The SMILES string of the molecule is C=CC1CC1(NC(=O)C1CC([OH2+])C(c2cc(Br)ccc2S(=O)[O-])N1C(=O)OC(C)(C)C)C(=O)C(Cc1c(F)cccc1F)OCC. The summed E-state index contributed by atoms with van der Waals surface area (Å²) in [5.74, 6) is -3.63. The minimum Gasteiger partial charge on any atom is -0.768 e. The maximum atomic E-state index is 14.5. The number of nitrogens with one attached hydrogen (secondary N) is 1. The minimum absolute atomic E-state index is 0.0442. The molecule has 1 aliphatic carbocycles. The molecule has 7 atom stereocenters. The van der Waals surface area contributed by atoms with Crippen molar-refractivity contribution < 1.29 is 46.5 Å². The zero-order valence-corrected chi connectivity index (χ0v) is 28.2. The molecule has 7 unspecified atom stereocenters. The fraction of sp³-hybridized carbons (Fsp3) is 0.469. The van der Waals surface area contributed by atoms with E-state index in [9.17, 15) is 31.9 Å². The predicted molar refractivity (Wildman–Crippen MR) is 168 cm³/mol. The van der Waals surface area contributed by atoms with E-state index in [4.69, 9.17) is 14.6 Å². The van der Waals surface area contributed by atoms with Gasteiger partial charge in [-0.15, -0.1) is 6.58 Å². The van der Waals surface area contributed by atoms with Gasteiger partial charge in [0.2, 0.25) is 5.91 Å². The van der Waals surface area contributed by atoms with Crippen LogP contribution in [0.15, 0.2) is 58.4 Å². The molecule has 46 heavy (non-hydrogen) atoms. The van der Waals surface area contributed by atoms with Crippen molar-refractivity contribution in [1.82, 2.24) is 10.2 Å². The molecule has 0 aromatic heterocycles. The standard InChI is InChI=1S/C32H37BrF2N2O8S/c1-6-17-16-32(17,28(39)25(44-7-2)14-19-21(34)9-8-10-22(19)35)36-29(40)23-15-24(38)27(37(23)30(41)45-31(3,4)5)20-13-18(33)11-12-26(20)46(42)43/h6,8-13,17,23-25,27,38H,1,7,14-16H2,2-5H3,(H,36,40)(H,42,43). The summed E-state index contributed by atoms with van der Waals surface area (Å²) in [4.78, 5) is 42.7. The number of Topliss-reactive ketones (excluding diaryl/α,β-unsaturated/α-hetero) is 1. The van der Waals surface area contributed by atoms with Crippen LogP contribution in [0, 0.1) is 17.6 Å². The molecular formula is C32H37BrF2N2O8S. The zero-order valence-electron chi connectivity index (χ0n) is 25.8. The lowest BCUT2D eigenvalue weighted by Gasteiger charge is -2.33. The Kier molecular flexibility index (Phi) is 10.9. The van der Waals surface area contributed by atoms with E-state index in [1.807, 2.05) is 0 Å². The summed E-state index contributed by atoms with van der Waals surface area (Å²) in [5.41, 5.74) is -2.77. The lowest BCUT2D eigenvalue weighted by atomic mass is 9.95. The molecule has 4 rings (SSSR count). The molecule has 250 valence electrons. The third-order valence-corrected chi connectivity index (χ3v) is 9.29. The molecule has 0 spiro atoms. The van der Waals surface area contributed by atoms with E-state index in [0.717, 1.165) is 17.0 Å². The Balaban J connectivity index is 1.70. The molecule has 0 bridgehead atoms. The Hall–Kier alpha value is -3.04. The van der Waals surface area contributed by atoms with Crippen LogP contribution in [0.25, 0.3) is 0 Å². The van der Waals surface area contributed by atoms with Crippen molar-refractivity contribution in [2.24, 2.45) is 5.92 Å².